The van der Waals surface area contributed by atoms with E-state index < -0.39 is 120 Å². The number of allylic oxidation sites excluding steroid dienone is 2. The number of ether oxygens (including phenoxy) is 2. The molecule has 18 heteroatoms. The Hall–Kier alpha value is -5.00. The number of nitrogens with zero attached hydrogens (tertiary/aromatic N) is 3. The minimum Gasteiger partial charge on any atom is -0.467 e. The molecule has 0 spiro atoms. The number of rotatable bonds is 34. The van der Waals surface area contributed by atoms with Crippen LogP contribution in [-0.2, 0) is 57.4 Å². The number of Topliss-reactive ketones (excluding diaryl/α,β-unsaturated/α-hetero) is 3. The molecule has 0 unspecified atom stereocenters. The van der Waals surface area contributed by atoms with Crippen LogP contribution in [0.4, 0.5) is 0 Å². The van der Waals surface area contributed by atoms with Crippen LogP contribution in [-0.4, -0.2) is 144 Å². The summed E-state index contributed by atoms with van der Waals surface area (Å²) in [5.74, 6) is -9.36. The number of hydrogen-bond acceptors (Lipinski definition) is 13. The molecule has 18 nitrogen and oxygen atoms in total. The summed E-state index contributed by atoms with van der Waals surface area (Å²) in [7, 11) is 5.72. The summed E-state index contributed by atoms with van der Waals surface area (Å²) in [6.45, 7) is 28.2. The van der Waals surface area contributed by atoms with Crippen LogP contribution in [0.3, 0.4) is 0 Å². The van der Waals surface area contributed by atoms with Gasteiger partial charge in [0, 0.05) is 59.2 Å². The van der Waals surface area contributed by atoms with E-state index in [0.29, 0.717) is 12.8 Å². The van der Waals surface area contributed by atoms with Crippen LogP contribution in [0.25, 0.3) is 0 Å². The van der Waals surface area contributed by atoms with Gasteiger partial charge in [-0.2, -0.15) is 0 Å². The van der Waals surface area contributed by atoms with Crippen LogP contribution in [0.5, 0.6) is 0 Å². The summed E-state index contributed by atoms with van der Waals surface area (Å²) in [5, 5.41) is 5.41. The minimum atomic E-state index is -1.26. The second-order valence-electron chi connectivity index (χ2n) is 22.5. The quantitative estimate of drug-likeness (QED) is 0.0488. The highest BCUT2D eigenvalue weighted by Gasteiger charge is 2.43. The van der Waals surface area contributed by atoms with Crippen molar-refractivity contribution in [3.05, 3.63) is 12.2 Å². The zero-order valence-electron chi connectivity index (χ0n) is 48.9. The molecular formula is C56H98N6O12. The highest BCUT2D eigenvalue weighted by Crippen LogP contribution is 2.30. The molecule has 424 valence electrons. The molecule has 5 amide bonds. The molecule has 0 aromatic carbocycles. The van der Waals surface area contributed by atoms with E-state index in [1.807, 2.05) is 74.5 Å². The Morgan fingerprint density at radius 2 is 1.11 bits per heavy atom. The van der Waals surface area contributed by atoms with Gasteiger partial charge in [-0.15, -0.1) is 0 Å². The molecule has 74 heavy (non-hydrogen) atoms. The average molecular weight is 1050 g/mol. The highest BCUT2D eigenvalue weighted by atomic mass is 16.5. The van der Waals surface area contributed by atoms with Crippen LogP contribution >= 0.6 is 0 Å². The molecule has 0 saturated carbocycles. The van der Waals surface area contributed by atoms with Gasteiger partial charge in [0.25, 0.3) is 0 Å². The zero-order chi connectivity index (χ0) is 57.6. The number of methoxy groups -OCH3 is 1. The summed E-state index contributed by atoms with van der Waals surface area (Å²) in [4.78, 5) is 142. The normalized spacial score (nSPS) is 16.3. The summed E-state index contributed by atoms with van der Waals surface area (Å²) in [6, 6.07) is -5.81. The Bertz CT molecular complexity index is 1920. The van der Waals surface area contributed by atoms with Gasteiger partial charge in [0.2, 0.25) is 29.5 Å². The molecular weight excluding hydrogens is 949 g/mol. The molecule has 0 saturated heterocycles. The molecule has 0 aromatic rings. The van der Waals surface area contributed by atoms with Gasteiger partial charge in [-0.1, -0.05) is 102 Å². The van der Waals surface area contributed by atoms with E-state index >= 15 is 0 Å². The number of carbonyl (C=O) groups excluding carboxylic acids is 10. The van der Waals surface area contributed by atoms with E-state index in [2.05, 4.69) is 10.6 Å². The fraction of sp³-hybridized carbons (Fsp3) is 0.786. The van der Waals surface area contributed by atoms with E-state index in [0.717, 1.165) is 0 Å². The largest absolute Gasteiger partial charge is 0.467 e. The number of nitrogens with two attached hydrogens (primary N) is 1. The fourth-order valence-corrected chi connectivity index (χ4v) is 9.38. The maximum atomic E-state index is 14.8. The first-order chi connectivity index (χ1) is 34.2. The second kappa shape index (κ2) is 33.1. The summed E-state index contributed by atoms with van der Waals surface area (Å²) in [5.41, 5.74) is 6.15. The summed E-state index contributed by atoms with van der Waals surface area (Å²) >= 11 is 0. The predicted octanol–water partition coefficient (Wildman–Crippen LogP) is 6.10. The maximum absolute atomic E-state index is 14.8. The lowest BCUT2D eigenvalue weighted by Gasteiger charge is -2.36. The molecule has 0 aliphatic heterocycles. The van der Waals surface area contributed by atoms with Gasteiger partial charge >= 0.3 is 11.9 Å². The Labute approximate surface area is 444 Å². The van der Waals surface area contributed by atoms with E-state index in [-0.39, 0.29) is 73.2 Å². The number of esters is 2. The molecule has 4 N–H and O–H groups in total. The van der Waals surface area contributed by atoms with Crippen molar-refractivity contribution < 1.29 is 57.4 Å². The SMILES string of the molecule is C/C=C/C[C@@H](C)[C@@H](OC(C)=O)[C@H](CC(=O)[C@H](C(C)C)N(C)C(=O)[C@@H](CC(=O)[C@H](CC(C)C)N(C)C(=O)[C@@H](C)NC(=O)[C@H](C)CC(=O)[C@H](CC(C)C)N(C)C(=O)[C@@H](N)C(C)C)CC(C)C)C(=O)N[C@@H](CC)C(=O)OC. The Kier molecular flexibility index (Phi) is 30.9. The van der Waals surface area contributed by atoms with Crippen molar-refractivity contribution in [2.75, 3.05) is 28.3 Å². The van der Waals surface area contributed by atoms with Crippen LogP contribution in [0.2, 0.25) is 0 Å². The van der Waals surface area contributed by atoms with E-state index in [9.17, 15) is 47.9 Å². The smallest absolute Gasteiger partial charge is 0.328 e. The molecule has 0 bridgehead atoms. The third kappa shape index (κ3) is 22.1. The van der Waals surface area contributed by atoms with Crippen LogP contribution < -0.4 is 16.4 Å². The molecule has 0 rings (SSSR count). The van der Waals surface area contributed by atoms with Crippen molar-refractivity contribution in [2.24, 2.45) is 59.0 Å². The minimum absolute atomic E-state index is 0.0610. The van der Waals surface area contributed by atoms with Crippen molar-refractivity contribution in [3.8, 4) is 0 Å². The third-order valence-electron chi connectivity index (χ3n) is 13.7. The van der Waals surface area contributed by atoms with Crippen LogP contribution in [0.1, 0.15) is 162 Å². The van der Waals surface area contributed by atoms with Gasteiger partial charge in [-0.05, 0) is 81.5 Å². The number of hydrogen-bond donors (Lipinski definition) is 3. The maximum Gasteiger partial charge on any atom is 0.328 e. The number of ketones is 3. The number of carbonyl (C=O) groups is 10. The van der Waals surface area contributed by atoms with Gasteiger partial charge < -0.3 is 40.5 Å². The molecule has 0 fully saturated rings. The second-order valence-corrected chi connectivity index (χ2v) is 22.5. The number of nitrogens with one attached hydrogen (secondary N) is 2. The Morgan fingerprint density at radius 1 is 0.608 bits per heavy atom. The van der Waals surface area contributed by atoms with Gasteiger partial charge in [0.05, 0.1) is 37.2 Å². The average Bonchev–Trinajstić information content (AvgIpc) is 3.31. The van der Waals surface area contributed by atoms with Gasteiger partial charge in [0.1, 0.15) is 18.2 Å². The van der Waals surface area contributed by atoms with Gasteiger partial charge in [-0.3, -0.25) is 43.2 Å². The van der Waals surface area contributed by atoms with Crippen molar-refractivity contribution in [1.82, 2.24) is 25.3 Å². The number of amides is 5. The summed E-state index contributed by atoms with van der Waals surface area (Å²) < 4.78 is 10.7. The molecule has 0 heterocycles. The van der Waals surface area contributed by atoms with E-state index in [1.165, 1.54) is 49.8 Å². The molecule has 0 radical (unpaired) electrons. The molecule has 0 aliphatic carbocycles. The van der Waals surface area contributed by atoms with Crippen molar-refractivity contribution in [3.63, 3.8) is 0 Å². The Balaban J connectivity index is 6.80. The van der Waals surface area contributed by atoms with Gasteiger partial charge in [-0.25, -0.2) is 4.79 Å². The van der Waals surface area contributed by atoms with Crippen LogP contribution in [0.15, 0.2) is 12.2 Å². The van der Waals surface area contributed by atoms with Crippen LogP contribution in [0, 0.1) is 53.3 Å². The first-order valence-corrected chi connectivity index (χ1v) is 26.8. The molecule has 0 aliphatic rings. The number of likely N-dealkylation sites (N-methyl/N-ethyl adjacent to an activating group) is 3. The summed E-state index contributed by atoms with van der Waals surface area (Å²) in [6.07, 6.45) is 3.16. The fourth-order valence-electron chi connectivity index (χ4n) is 9.38. The predicted molar refractivity (Wildman–Crippen MR) is 287 cm³/mol. The standard InChI is InChI=1S/C56H98N6O12/c1-21-23-24-36(13)50(74-39(16)63)41(52(68)59-42(22-2)56(72)73-20)30-47(66)49(35(11)12)62(19)54(70)40(25-31(3)4)29-46(65)44(27-33(7)8)60(17)53(69)38(15)58-51(67)37(14)28-45(64)43(26-32(5)6)61(18)55(71)48(57)34(9)10/h21,23,31-38,40-44,48-50H,22,24-30,57H2,1-20H3,(H,58,67)(H,59,68)/b23-21+/t36-,37-,38-,40-,41+,42+,43+,44+,48+,49+,50-/m1/s1. The van der Waals surface area contributed by atoms with Gasteiger partial charge in [0.15, 0.2) is 17.3 Å². The van der Waals surface area contributed by atoms with Crippen molar-refractivity contribution in [2.45, 2.75) is 205 Å². The first kappa shape index (κ1) is 69.0. The monoisotopic (exact) mass is 1050 g/mol. The zero-order valence-corrected chi connectivity index (χ0v) is 48.9. The van der Waals surface area contributed by atoms with E-state index in [4.69, 9.17) is 15.2 Å². The topological polar surface area (TPSA) is 249 Å². The van der Waals surface area contributed by atoms with Crippen molar-refractivity contribution >= 4 is 58.8 Å². The third-order valence-corrected chi connectivity index (χ3v) is 13.7. The first-order valence-electron chi connectivity index (χ1n) is 26.8. The van der Waals surface area contributed by atoms with Crippen molar-refractivity contribution in [1.29, 1.82) is 0 Å². The lowest BCUT2D eigenvalue weighted by Crippen LogP contribution is -2.54. The molecule has 11 atom stereocenters. The van der Waals surface area contributed by atoms with E-state index in [1.54, 1.807) is 41.7 Å². The lowest BCUT2D eigenvalue weighted by molar-refractivity contribution is -0.158. The lowest BCUT2D eigenvalue weighted by atomic mass is 9.82. The highest BCUT2D eigenvalue weighted by molar-refractivity contribution is 5.98. The Morgan fingerprint density at radius 3 is 1.54 bits per heavy atom. The molecule has 0 aromatic heterocycles.